The summed E-state index contributed by atoms with van der Waals surface area (Å²) in [4.78, 5) is 28.1. The van der Waals surface area contributed by atoms with E-state index < -0.39 is 16.1 Å². The molecule has 0 saturated carbocycles. The van der Waals surface area contributed by atoms with Gasteiger partial charge in [-0.3, -0.25) is 9.59 Å². The van der Waals surface area contributed by atoms with Gasteiger partial charge in [0.25, 0.3) is 6.73 Å². The lowest BCUT2D eigenvalue weighted by molar-refractivity contribution is -0.567. The molecule has 1 aliphatic heterocycles. The highest BCUT2D eigenvalue weighted by molar-refractivity contribution is 6.76. The van der Waals surface area contributed by atoms with Gasteiger partial charge < -0.3 is 19.3 Å². The van der Waals surface area contributed by atoms with E-state index in [-0.39, 0.29) is 17.5 Å². The standard InChI is InChI=1S/C18H28N3O2Si.C18H27N3O2Si/c1-20(2)9-8-18(22)15-6-7-16-13-21(19-17(16)12-15)14-23-10-11-24(3,4)5;1-20(2)9-8-18(22)15-6-7-16-13-19-21(17(16)12-15)14-23-10-11-24(3,4)5/h6-9,12-13,16H,10-11,14H2,1-5H3;6-9,12-13H,10-11,14H2,1-5H3/q+1;/b2*9-8+. The molecule has 2 heterocycles. The number of ether oxygens (including phenoxy) is 2. The molecule has 1 aliphatic carbocycles. The van der Waals surface area contributed by atoms with Crippen LogP contribution in [0.15, 0.2) is 77.9 Å². The Morgan fingerprint density at radius 3 is 2.17 bits per heavy atom. The fourth-order valence-electron chi connectivity index (χ4n) is 4.44. The Morgan fingerprint density at radius 1 is 0.917 bits per heavy atom. The summed E-state index contributed by atoms with van der Waals surface area (Å²) in [6.07, 6.45) is 16.3. The third-order valence-electron chi connectivity index (χ3n) is 7.40. The second kappa shape index (κ2) is 17.6. The first-order valence-electron chi connectivity index (χ1n) is 16.5. The lowest BCUT2D eigenvalue weighted by Gasteiger charge is -2.15. The van der Waals surface area contributed by atoms with Crippen LogP contribution in [0.1, 0.15) is 10.4 Å². The van der Waals surface area contributed by atoms with Crippen molar-refractivity contribution in [1.82, 2.24) is 19.6 Å². The maximum absolute atomic E-state index is 12.2. The molecule has 1 unspecified atom stereocenters. The summed E-state index contributed by atoms with van der Waals surface area (Å²) in [5.74, 6) is 0.115. The van der Waals surface area contributed by atoms with Gasteiger partial charge in [-0.2, -0.15) is 5.10 Å². The molecule has 0 fully saturated rings. The zero-order valence-electron chi connectivity index (χ0n) is 30.6. The Bertz CT molecular complexity index is 1600. The van der Waals surface area contributed by atoms with Crippen LogP contribution in [0.4, 0.5) is 0 Å². The number of carbonyl (C=O) groups excluding carboxylic acids is 2. The van der Waals surface area contributed by atoms with Gasteiger partial charge in [-0.1, -0.05) is 68.3 Å². The number of hydrogen-bond acceptors (Lipinski definition) is 8. The quantitative estimate of drug-likeness (QED) is 0.0690. The van der Waals surface area contributed by atoms with Crippen molar-refractivity contribution in [2.75, 3.05) is 48.1 Å². The Hall–Kier alpha value is -3.72. The van der Waals surface area contributed by atoms with Gasteiger partial charge in [-0.05, 0) is 29.3 Å². The molecule has 0 N–H and O–H groups in total. The molecular formula is C36H55N6O4Si2+. The monoisotopic (exact) mass is 691 g/mol. The molecule has 10 nitrogen and oxygen atoms in total. The molecule has 0 amide bonds. The fourth-order valence-corrected chi connectivity index (χ4v) is 5.96. The number of nitrogens with zero attached hydrogens (tertiary/aromatic N) is 6. The van der Waals surface area contributed by atoms with E-state index in [2.05, 4.69) is 49.5 Å². The molecule has 1 atom stereocenters. The van der Waals surface area contributed by atoms with E-state index in [4.69, 9.17) is 9.47 Å². The lowest BCUT2D eigenvalue weighted by Crippen LogP contribution is -2.22. The van der Waals surface area contributed by atoms with Crippen LogP contribution in [0.2, 0.25) is 51.4 Å². The molecule has 1 aromatic carbocycles. The molecule has 0 radical (unpaired) electrons. The molecule has 4 rings (SSSR count). The van der Waals surface area contributed by atoms with Gasteiger partial charge in [0.05, 0.1) is 18.3 Å². The van der Waals surface area contributed by atoms with Crippen molar-refractivity contribution in [3.63, 3.8) is 0 Å². The van der Waals surface area contributed by atoms with E-state index >= 15 is 0 Å². The number of ketones is 2. The van der Waals surface area contributed by atoms with Crippen LogP contribution in [-0.4, -0.2) is 112 Å². The van der Waals surface area contributed by atoms with Gasteiger partial charge in [0.2, 0.25) is 0 Å². The largest absolute Gasteiger partial charge is 0.383 e. The molecule has 2 aromatic rings. The number of rotatable bonds is 16. The van der Waals surface area contributed by atoms with Crippen LogP contribution in [0, 0.1) is 5.92 Å². The van der Waals surface area contributed by atoms with Gasteiger partial charge in [0.15, 0.2) is 17.8 Å². The average Bonchev–Trinajstić information content (AvgIpc) is 3.61. The van der Waals surface area contributed by atoms with E-state index in [9.17, 15) is 9.59 Å². The lowest BCUT2D eigenvalue weighted by atomic mass is 9.94. The van der Waals surface area contributed by atoms with Crippen molar-refractivity contribution in [3.8, 4) is 0 Å². The van der Waals surface area contributed by atoms with Gasteiger partial charge in [-0.25, -0.2) is 4.68 Å². The number of fused-ring (bicyclic) bond motifs is 2. The summed E-state index contributed by atoms with van der Waals surface area (Å²) in [5, 5.41) is 9.92. The molecular weight excluding hydrogens is 637 g/mol. The van der Waals surface area contributed by atoms with Crippen molar-refractivity contribution in [1.29, 1.82) is 0 Å². The Morgan fingerprint density at radius 2 is 1.54 bits per heavy atom. The topological polar surface area (TPSA) is 92.3 Å². The van der Waals surface area contributed by atoms with E-state index in [0.717, 1.165) is 41.9 Å². The number of carbonyl (C=O) groups is 2. The molecule has 12 heteroatoms. The second-order valence-corrected chi connectivity index (χ2v) is 26.2. The minimum absolute atomic E-state index is 0.00839. The third kappa shape index (κ3) is 13.4. The van der Waals surface area contributed by atoms with Crippen molar-refractivity contribution in [3.05, 3.63) is 78.3 Å². The molecule has 260 valence electrons. The summed E-state index contributed by atoms with van der Waals surface area (Å²) < 4.78 is 15.1. The zero-order chi connectivity index (χ0) is 35.5. The summed E-state index contributed by atoms with van der Waals surface area (Å²) in [5.41, 5.74) is 3.14. The summed E-state index contributed by atoms with van der Waals surface area (Å²) in [6, 6.07) is 7.93. The van der Waals surface area contributed by atoms with Crippen molar-refractivity contribution in [2.24, 2.45) is 11.0 Å². The summed E-state index contributed by atoms with van der Waals surface area (Å²) in [7, 11) is 5.41. The van der Waals surface area contributed by atoms with Crippen LogP contribution in [0.3, 0.4) is 0 Å². The van der Waals surface area contributed by atoms with Crippen LogP contribution in [0.5, 0.6) is 0 Å². The maximum atomic E-state index is 12.2. The number of aromatic nitrogens is 2. The van der Waals surface area contributed by atoms with Gasteiger partial charge in [-0.15, -0.1) is 0 Å². The first-order valence-corrected chi connectivity index (χ1v) is 23.9. The van der Waals surface area contributed by atoms with E-state index in [0.29, 0.717) is 24.6 Å². The molecule has 48 heavy (non-hydrogen) atoms. The smallest absolute Gasteiger partial charge is 0.278 e. The van der Waals surface area contributed by atoms with E-state index in [1.807, 2.05) is 90.0 Å². The predicted molar refractivity (Wildman–Crippen MR) is 202 cm³/mol. The Kier molecular flexibility index (Phi) is 14.2. The Balaban J connectivity index is 0.000000260. The summed E-state index contributed by atoms with van der Waals surface area (Å²) in [6.45, 7) is 16.4. The molecule has 0 spiro atoms. The molecule has 1 aromatic heterocycles. The number of benzene rings is 1. The number of hydrogen-bond donors (Lipinski definition) is 0. The van der Waals surface area contributed by atoms with Crippen LogP contribution in [0.25, 0.3) is 10.9 Å². The highest BCUT2D eigenvalue weighted by Gasteiger charge is 2.28. The van der Waals surface area contributed by atoms with Crippen molar-refractivity contribution in [2.45, 2.75) is 58.1 Å². The number of allylic oxidation sites excluding steroid dienone is 6. The fraction of sp³-hybridized carbons (Fsp3) is 0.472. The molecule has 0 saturated heterocycles. The van der Waals surface area contributed by atoms with Gasteiger partial charge >= 0.3 is 0 Å². The highest BCUT2D eigenvalue weighted by atomic mass is 28.3. The zero-order valence-corrected chi connectivity index (χ0v) is 32.6. The van der Waals surface area contributed by atoms with E-state index in [1.54, 1.807) is 30.7 Å². The first kappa shape index (κ1) is 38.7. The Labute approximate surface area is 288 Å². The SMILES string of the molecule is CN(C)/C=C/C(=O)C1=CC2=N[N+](COCC[Si](C)(C)C)=CC2C=C1.CN(C)/C=C/C(=O)c1ccc2cnn(COCC[Si](C)(C)C)c2c1. The van der Waals surface area contributed by atoms with Gasteiger partial charge in [0.1, 0.15) is 18.4 Å². The third-order valence-corrected chi connectivity index (χ3v) is 10.8. The minimum atomic E-state index is -1.09. The second-order valence-electron chi connectivity index (χ2n) is 15.0. The molecule has 2 aliphatic rings. The average molecular weight is 692 g/mol. The van der Waals surface area contributed by atoms with Crippen molar-refractivity contribution >= 4 is 50.5 Å². The van der Waals surface area contributed by atoms with Crippen molar-refractivity contribution < 1.29 is 23.7 Å². The molecule has 0 bridgehead atoms. The number of hydrazone groups is 1. The minimum Gasteiger partial charge on any atom is -0.383 e. The van der Waals surface area contributed by atoms with Crippen LogP contribution in [-0.2, 0) is 21.0 Å². The summed E-state index contributed by atoms with van der Waals surface area (Å²) >= 11 is 0. The first-order chi connectivity index (χ1) is 22.5. The van der Waals surface area contributed by atoms with Crippen LogP contribution >= 0.6 is 0 Å². The maximum Gasteiger partial charge on any atom is 0.278 e. The predicted octanol–water partition coefficient (Wildman–Crippen LogP) is 6.12. The highest BCUT2D eigenvalue weighted by Crippen LogP contribution is 2.19. The van der Waals surface area contributed by atoms with Crippen LogP contribution < -0.4 is 0 Å². The van der Waals surface area contributed by atoms with Gasteiger partial charge in [0, 0.05) is 92.0 Å². The normalized spacial score (nSPS) is 16.0. The van der Waals surface area contributed by atoms with E-state index in [1.165, 1.54) is 0 Å².